The molecule has 0 saturated heterocycles. The Morgan fingerprint density at radius 1 is 1.06 bits per heavy atom. The minimum Gasteiger partial charge on any atom is -0.744 e. The van der Waals surface area contributed by atoms with Gasteiger partial charge in [-0.3, -0.25) is 14.8 Å². The molecule has 14 heteroatoms. The number of azo groups is 1. The number of aryl methyl sites for hydroxylation is 1. The van der Waals surface area contributed by atoms with Crippen LogP contribution in [0.4, 0.5) is 11.4 Å². The molecule has 0 radical (unpaired) electrons. The van der Waals surface area contributed by atoms with Gasteiger partial charge in [-0.1, -0.05) is 6.07 Å². The van der Waals surface area contributed by atoms with Crippen LogP contribution in [-0.4, -0.2) is 33.0 Å². The number of aromatic amines is 2. The first kappa shape index (κ1) is 24.0. The predicted octanol–water partition coefficient (Wildman–Crippen LogP) is -0.323. The molecule has 4 aromatic rings. The van der Waals surface area contributed by atoms with Crippen LogP contribution in [0.2, 0.25) is 0 Å². The van der Waals surface area contributed by atoms with Crippen LogP contribution in [0.3, 0.4) is 0 Å². The molecular weight excluding hydrogens is 469 g/mol. The number of fused-ring (bicyclic) bond motifs is 1. The zero-order valence-corrected chi connectivity index (χ0v) is 20.2. The molecular formula is C18H12N5NaO6S2. The Labute approximate surface area is 205 Å². The number of nitrogens with zero attached hydrogens (tertiary/aromatic N) is 3. The normalized spacial score (nSPS) is 11.7. The fourth-order valence-corrected chi connectivity index (χ4v) is 5.13. The largest absolute Gasteiger partial charge is 1.00 e. The predicted molar refractivity (Wildman–Crippen MR) is 111 cm³/mol. The van der Waals surface area contributed by atoms with Gasteiger partial charge in [0, 0.05) is 5.56 Å². The molecule has 0 saturated carbocycles. The van der Waals surface area contributed by atoms with Gasteiger partial charge < -0.3 is 9.66 Å². The number of benzene rings is 2. The maximum Gasteiger partial charge on any atom is 1.00 e. The van der Waals surface area contributed by atoms with Crippen molar-refractivity contribution in [3.8, 4) is 16.5 Å². The number of H-pyrrole nitrogens is 2. The Balaban J connectivity index is 0.00000289. The fourth-order valence-electron chi connectivity index (χ4n) is 2.84. The number of nitrogens with one attached hydrogen (secondary N) is 2. The quantitative estimate of drug-likeness (QED) is 0.203. The van der Waals surface area contributed by atoms with Gasteiger partial charge in [-0.25, -0.2) is 18.2 Å². The van der Waals surface area contributed by atoms with Gasteiger partial charge >= 0.3 is 35.2 Å². The summed E-state index contributed by atoms with van der Waals surface area (Å²) in [5, 5.41) is 17.6. The molecule has 11 nitrogen and oxygen atoms in total. The molecule has 0 aliphatic heterocycles. The van der Waals surface area contributed by atoms with Gasteiger partial charge in [0.05, 0.1) is 20.8 Å². The summed E-state index contributed by atoms with van der Waals surface area (Å²) in [4.78, 5) is 30.8. The van der Waals surface area contributed by atoms with Crippen molar-refractivity contribution in [3.05, 3.63) is 62.8 Å². The summed E-state index contributed by atoms with van der Waals surface area (Å²) in [6.45, 7) is 1.55. The number of thiazole rings is 1. The molecule has 2 heterocycles. The van der Waals surface area contributed by atoms with Crippen molar-refractivity contribution in [2.45, 2.75) is 11.8 Å². The van der Waals surface area contributed by atoms with Crippen molar-refractivity contribution < 1.29 is 47.6 Å². The zero-order chi connectivity index (χ0) is 22.3. The first-order valence-electron chi connectivity index (χ1n) is 8.57. The summed E-state index contributed by atoms with van der Waals surface area (Å²) in [5.74, 6) is -0.706. The third-order valence-electron chi connectivity index (χ3n) is 4.24. The molecule has 0 amide bonds. The molecule has 0 atom stereocenters. The molecule has 3 N–H and O–H groups in total. The average Bonchev–Trinajstić information content (AvgIpc) is 3.10. The summed E-state index contributed by atoms with van der Waals surface area (Å²) >= 11 is 1.08. The van der Waals surface area contributed by atoms with E-state index in [4.69, 9.17) is 0 Å². The Hall–Kier alpha value is -2.68. The van der Waals surface area contributed by atoms with Gasteiger partial charge in [0.25, 0.3) is 5.56 Å². The first-order chi connectivity index (χ1) is 14.6. The summed E-state index contributed by atoms with van der Waals surface area (Å²) in [6.07, 6.45) is 0. The summed E-state index contributed by atoms with van der Waals surface area (Å²) < 4.78 is 35.2. The molecule has 4 rings (SSSR count). The van der Waals surface area contributed by atoms with Crippen LogP contribution in [0.25, 0.3) is 20.8 Å². The van der Waals surface area contributed by atoms with Crippen molar-refractivity contribution in [1.29, 1.82) is 0 Å². The van der Waals surface area contributed by atoms with Crippen LogP contribution in [0.1, 0.15) is 5.56 Å². The summed E-state index contributed by atoms with van der Waals surface area (Å²) in [6, 6.07) is 9.63. The molecule has 0 unspecified atom stereocenters. The van der Waals surface area contributed by atoms with E-state index in [0.29, 0.717) is 32.0 Å². The molecule has 0 spiro atoms. The van der Waals surface area contributed by atoms with Crippen molar-refractivity contribution in [2.24, 2.45) is 10.2 Å². The molecule has 2 aromatic carbocycles. The molecule has 0 aliphatic rings. The van der Waals surface area contributed by atoms with E-state index in [2.05, 4.69) is 15.2 Å². The van der Waals surface area contributed by atoms with E-state index in [1.807, 2.05) is 9.97 Å². The van der Waals surface area contributed by atoms with Gasteiger partial charge in [0.1, 0.15) is 15.1 Å². The SMILES string of the molecule is Cc1ccc2nc(-c3ccc(N=Nc4c(O)[nH]c(=O)[nH]c4=O)cc3)sc2c1S(=O)(=O)[O-].[Na+]. The number of hydrogen-bond acceptors (Lipinski definition) is 10. The van der Waals surface area contributed by atoms with Crippen molar-refractivity contribution >= 4 is 43.0 Å². The second kappa shape index (κ2) is 9.05. The van der Waals surface area contributed by atoms with Gasteiger partial charge in [-0.05, 0) is 42.8 Å². The zero-order valence-electron chi connectivity index (χ0n) is 16.6. The van der Waals surface area contributed by atoms with Crippen LogP contribution in [0.15, 0.2) is 61.1 Å². The van der Waals surface area contributed by atoms with E-state index < -0.39 is 32.9 Å². The van der Waals surface area contributed by atoms with Gasteiger partial charge in [0.15, 0.2) is 0 Å². The third-order valence-corrected chi connectivity index (χ3v) is 6.53. The Bertz CT molecular complexity index is 1570. The number of aromatic nitrogens is 3. The van der Waals surface area contributed by atoms with Crippen molar-refractivity contribution in [2.75, 3.05) is 0 Å². The maximum absolute atomic E-state index is 11.7. The van der Waals surface area contributed by atoms with Crippen LogP contribution >= 0.6 is 11.3 Å². The topological polar surface area (TPSA) is 181 Å². The summed E-state index contributed by atoms with van der Waals surface area (Å²) in [5.41, 5.74) is -0.465. The number of aromatic hydroxyl groups is 1. The van der Waals surface area contributed by atoms with E-state index in [0.717, 1.165) is 11.3 Å². The van der Waals surface area contributed by atoms with Crippen LogP contribution in [0, 0.1) is 6.92 Å². The van der Waals surface area contributed by atoms with Crippen LogP contribution in [-0.2, 0) is 10.1 Å². The second-order valence-electron chi connectivity index (χ2n) is 6.39. The average molecular weight is 481 g/mol. The van der Waals surface area contributed by atoms with E-state index in [9.17, 15) is 27.7 Å². The smallest absolute Gasteiger partial charge is 0.744 e. The van der Waals surface area contributed by atoms with E-state index in [-0.39, 0.29) is 34.5 Å². The monoisotopic (exact) mass is 481 g/mol. The molecule has 32 heavy (non-hydrogen) atoms. The maximum atomic E-state index is 11.7. The summed E-state index contributed by atoms with van der Waals surface area (Å²) in [7, 11) is -4.66. The van der Waals surface area contributed by atoms with Crippen molar-refractivity contribution in [3.63, 3.8) is 0 Å². The minimum atomic E-state index is -4.66. The van der Waals surface area contributed by atoms with E-state index in [1.165, 1.54) is 6.07 Å². The molecule has 0 bridgehead atoms. The molecule has 2 aromatic heterocycles. The standard InChI is InChI=1S/C18H13N5O6S2.Na/c1-8-2-7-11-13(14(8)31(27,28)29)30-17(19-11)9-3-5-10(6-4-9)22-23-12-15(24)20-18(26)21-16(12)25;/h2-7H,1H3,(H,27,28,29)(H3,20,21,24,25,26);/q;+1/p-1. The van der Waals surface area contributed by atoms with Gasteiger partial charge in [-0.2, -0.15) is 5.11 Å². The molecule has 0 fully saturated rings. The Kier molecular flexibility index (Phi) is 6.78. The molecule has 158 valence electrons. The second-order valence-corrected chi connectivity index (χ2v) is 8.70. The third kappa shape index (κ3) is 4.72. The van der Waals surface area contributed by atoms with Crippen molar-refractivity contribution in [1.82, 2.24) is 15.0 Å². The van der Waals surface area contributed by atoms with E-state index in [1.54, 1.807) is 37.3 Å². The Morgan fingerprint density at radius 2 is 1.75 bits per heavy atom. The van der Waals surface area contributed by atoms with Crippen LogP contribution in [0.5, 0.6) is 5.88 Å². The van der Waals surface area contributed by atoms with E-state index >= 15 is 0 Å². The number of hydrogen-bond donors (Lipinski definition) is 3. The Morgan fingerprint density at radius 3 is 2.38 bits per heavy atom. The number of rotatable bonds is 4. The minimum absolute atomic E-state index is 0. The fraction of sp³-hybridized carbons (Fsp3) is 0.0556. The van der Waals surface area contributed by atoms with Gasteiger partial charge in [-0.15, -0.1) is 16.5 Å². The first-order valence-corrected chi connectivity index (χ1v) is 10.8. The molecule has 0 aliphatic carbocycles. The van der Waals surface area contributed by atoms with Crippen LogP contribution < -0.4 is 40.8 Å². The van der Waals surface area contributed by atoms with Gasteiger partial charge in [0.2, 0.25) is 11.6 Å².